The smallest absolute Gasteiger partial charge is 0.0856 e. The average molecular weight is 236 g/mol. The van der Waals surface area contributed by atoms with Crippen LogP contribution < -0.4 is 0 Å². The second-order valence-corrected chi connectivity index (χ2v) is 6.07. The molecule has 0 aromatic heterocycles. The van der Waals surface area contributed by atoms with Crippen LogP contribution in [0, 0.1) is 5.92 Å². The zero-order valence-corrected chi connectivity index (χ0v) is 11.4. The lowest BCUT2D eigenvalue weighted by Gasteiger charge is -2.30. The fourth-order valence-electron chi connectivity index (χ4n) is 3.56. The molecular formula is C16H28O. The second kappa shape index (κ2) is 6.04. The van der Waals surface area contributed by atoms with Crippen molar-refractivity contribution in [2.75, 3.05) is 0 Å². The molecule has 0 spiro atoms. The van der Waals surface area contributed by atoms with Crippen molar-refractivity contribution in [1.82, 2.24) is 0 Å². The maximum atomic E-state index is 10.9. The van der Waals surface area contributed by atoms with E-state index in [1.54, 1.807) is 0 Å². The van der Waals surface area contributed by atoms with Crippen molar-refractivity contribution in [1.29, 1.82) is 0 Å². The number of hydrogen-bond acceptors (Lipinski definition) is 1. The van der Waals surface area contributed by atoms with E-state index in [4.69, 9.17) is 0 Å². The monoisotopic (exact) mass is 236 g/mol. The Hall–Kier alpha value is -0.300. The molecule has 17 heavy (non-hydrogen) atoms. The predicted molar refractivity (Wildman–Crippen MR) is 73.0 cm³/mol. The minimum Gasteiger partial charge on any atom is -0.386 e. The summed E-state index contributed by atoms with van der Waals surface area (Å²) < 4.78 is 0. The van der Waals surface area contributed by atoms with Crippen LogP contribution in [-0.4, -0.2) is 10.7 Å². The highest BCUT2D eigenvalue weighted by Gasteiger charge is 2.33. The first-order valence-corrected chi connectivity index (χ1v) is 7.66. The zero-order chi connectivity index (χ0) is 12.1. The Morgan fingerprint density at radius 1 is 1.18 bits per heavy atom. The van der Waals surface area contributed by atoms with Gasteiger partial charge in [0.05, 0.1) is 5.60 Å². The molecule has 0 aromatic carbocycles. The van der Waals surface area contributed by atoms with Gasteiger partial charge >= 0.3 is 0 Å². The van der Waals surface area contributed by atoms with Gasteiger partial charge in [-0.1, -0.05) is 32.3 Å². The van der Waals surface area contributed by atoms with Crippen LogP contribution in [0.1, 0.15) is 77.6 Å². The fourth-order valence-corrected chi connectivity index (χ4v) is 3.56. The molecule has 1 saturated carbocycles. The molecular weight excluding hydrogens is 208 g/mol. The van der Waals surface area contributed by atoms with E-state index in [1.807, 2.05) is 0 Å². The third kappa shape index (κ3) is 3.34. The Bertz CT molecular complexity index is 269. The number of rotatable bonds is 2. The van der Waals surface area contributed by atoms with Crippen LogP contribution in [0.15, 0.2) is 11.6 Å². The van der Waals surface area contributed by atoms with E-state index < -0.39 is 5.60 Å². The second-order valence-electron chi connectivity index (χ2n) is 6.07. The molecule has 0 aromatic rings. The minimum atomic E-state index is -0.436. The van der Waals surface area contributed by atoms with Crippen molar-refractivity contribution in [3.8, 4) is 0 Å². The van der Waals surface area contributed by atoms with Crippen molar-refractivity contribution in [2.24, 2.45) is 5.92 Å². The van der Waals surface area contributed by atoms with Crippen LogP contribution in [-0.2, 0) is 0 Å². The molecule has 0 amide bonds. The molecule has 1 heteroatoms. The Morgan fingerprint density at radius 2 is 2.06 bits per heavy atom. The van der Waals surface area contributed by atoms with Gasteiger partial charge in [0.15, 0.2) is 0 Å². The normalized spacial score (nSPS) is 35.9. The molecule has 1 nitrogen and oxygen atoms in total. The predicted octanol–water partition coefficient (Wildman–Crippen LogP) is 4.60. The summed E-state index contributed by atoms with van der Waals surface area (Å²) in [6, 6.07) is 0. The van der Waals surface area contributed by atoms with E-state index in [0.29, 0.717) is 0 Å². The van der Waals surface area contributed by atoms with Gasteiger partial charge in [-0.25, -0.2) is 0 Å². The van der Waals surface area contributed by atoms with E-state index in [0.717, 1.165) is 25.2 Å². The standard InChI is InChI=1S/C16H28O/c1-2-14-8-7-12-16(17,13-11-14)15-9-5-3-4-6-10-15/h9,14,17H,2-8,10-13H2,1H3. The summed E-state index contributed by atoms with van der Waals surface area (Å²) in [6.07, 6.45) is 15.7. The van der Waals surface area contributed by atoms with Crippen molar-refractivity contribution in [3.63, 3.8) is 0 Å². The first kappa shape index (κ1) is 13.1. The molecule has 0 bridgehead atoms. The van der Waals surface area contributed by atoms with Gasteiger partial charge in [-0.3, -0.25) is 0 Å². The zero-order valence-electron chi connectivity index (χ0n) is 11.4. The Balaban J connectivity index is 2.03. The highest BCUT2D eigenvalue weighted by Crippen LogP contribution is 2.39. The van der Waals surface area contributed by atoms with Crippen LogP contribution in [0.25, 0.3) is 0 Å². The molecule has 98 valence electrons. The summed E-state index contributed by atoms with van der Waals surface area (Å²) >= 11 is 0. The largest absolute Gasteiger partial charge is 0.386 e. The molecule has 1 N–H and O–H groups in total. The summed E-state index contributed by atoms with van der Waals surface area (Å²) in [4.78, 5) is 0. The van der Waals surface area contributed by atoms with Crippen molar-refractivity contribution >= 4 is 0 Å². The van der Waals surface area contributed by atoms with Gasteiger partial charge in [0, 0.05) is 0 Å². The van der Waals surface area contributed by atoms with Crippen molar-refractivity contribution < 1.29 is 5.11 Å². The van der Waals surface area contributed by atoms with Gasteiger partial charge in [0.1, 0.15) is 0 Å². The highest BCUT2D eigenvalue weighted by atomic mass is 16.3. The molecule has 2 atom stereocenters. The lowest BCUT2D eigenvalue weighted by molar-refractivity contribution is 0.0573. The molecule has 2 aliphatic rings. The lowest BCUT2D eigenvalue weighted by atomic mass is 9.83. The number of hydrogen-bond donors (Lipinski definition) is 1. The minimum absolute atomic E-state index is 0.436. The maximum absolute atomic E-state index is 10.9. The molecule has 1 fully saturated rings. The summed E-state index contributed by atoms with van der Waals surface area (Å²) in [5.41, 5.74) is 0.945. The van der Waals surface area contributed by atoms with Crippen molar-refractivity contribution in [2.45, 2.75) is 83.2 Å². The molecule has 0 heterocycles. The first-order chi connectivity index (χ1) is 8.24. The van der Waals surface area contributed by atoms with Crippen LogP contribution in [0.2, 0.25) is 0 Å². The van der Waals surface area contributed by atoms with Crippen LogP contribution >= 0.6 is 0 Å². The Kier molecular flexibility index (Phi) is 4.67. The highest BCUT2D eigenvalue weighted by molar-refractivity contribution is 5.18. The lowest BCUT2D eigenvalue weighted by Crippen LogP contribution is -2.30. The van der Waals surface area contributed by atoms with Gasteiger partial charge in [-0.2, -0.15) is 0 Å². The topological polar surface area (TPSA) is 20.2 Å². The van der Waals surface area contributed by atoms with E-state index in [2.05, 4.69) is 13.0 Å². The van der Waals surface area contributed by atoms with E-state index in [9.17, 15) is 5.11 Å². The van der Waals surface area contributed by atoms with Gasteiger partial charge < -0.3 is 5.11 Å². The van der Waals surface area contributed by atoms with Crippen LogP contribution in [0.3, 0.4) is 0 Å². The van der Waals surface area contributed by atoms with E-state index in [-0.39, 0.29) is 0 Å². The molecule has 0 aliphatic heterocycles. The number of allylic oxidation sites excluding steroid dienone is 1. The average Bonchev–Trinajstić information content (AvgIpc) is 2.70. The molecule has 0 saturated heterocycles. The van der Waals surface area contributed by atoms with Gasteiger partial charge in [-0.15, -0.1) is 0 Å². The Labute approximate surface area is 106 Å². The van der Waals surface area contributed by atoms with Gasteiger partial charge in [0.25, 0.3) is 0 Å². The van der Waals surface area contributed by atoms with Crippen LogP contribution in [0.5, 0.6) is 0 Å². The summed E-state index contributed by atoms with van der Waals surface area (Å²) in [7, 11) is 0. The molecule has 2 rings (SSSR count). The SMILES string of the molecule is CCC1CCCC(O)(C2=CCCCCC2)CC1. The third-order valence-electron chi connectivity index (χ3n) is 4.88. The van der Waals surface area contributed by atoms with Gasteiger partial charge in [-0.05, 0) is 62.9 Å². The molecule has 2 aliphatic carbocycles. The third-order valence-corrected chi connectivity index (χ3v) is 4.88. The summed E-state index contributed by atoms with van der Waals surface area (Å²) in [5, 5.41) is 10.9. The summed E-state index contributed by atoms with van der Waals surface area (Å²) in [5.74, 6) is 0.857. The molecule has 2 unspecified atom stereocenters. The van der Waals surface area contributed by atoms with Crippen molar-refractivity contribution in [3.05, 3.63) is 11.6 Å². The Morgan fingerprint density at radius 3 is 2.88 bits per heavy atom. The van der Waals surface area contributed by atoms with E-state index >= 15 is 0 Å². The maximum Gasteiger partial charge on any atom is 0.0856 e. The number of aliphatic hydroxyl groups is 1. The summed E-state index contributed by atoms with van der Waals surface area (Å²) in [6.45, 7) is 2.29. The first-order valence-electron chi connectivity index (χ1n) is 7.66. The quantitative estimate of drug-likeness (QED) is 0.549. The van der Waals surface area contributed by atoms with Crippen LogP contribution in [0.4, 0.5) is 0 Å². The molecule has 0 radical (unpaired) electrons. The van der Waals surface area contributed by atoms with E-state index in [1.165, 1.54) is 56.9 Å². The van der Waals surface area contributed by atoms with Gasteiger partial charge in [0.2, 0.25) is 0 Å². The fraction of sp³-hybridized carbons (Fsp3) is 0.875.